The van der Waals surface area contributed by atoms with E-state index in [4.69, 9.17) is 8.92 Å². The molecule has 0 radical (unpaired) electrons. The fourth-order valence-corrected chi connectivity index (χ4v) is 4.89. The number of para-hydroxylation sites is 1. The molecule has 0 unspecified atom stereocenters. The van der Waals surface area contributed by atoms with Crippen molar-refractivity contribution in [2.24, 2.45) is 0 Å². The molecule has 4 rings (SSSR count). The van der Waals surface area contributed by atoms with E-state index in [9.17, 15) is 8.42 Å². The second-order valence-corrected chi connectivity index (χ2v) is 10.1. The first-order chi connectivity index (χ1) is 15.4. The first kappa shape index (κ1) is 22.6. The van der Waals surface area contributed by atoms with Crippen LogP contribution in [0.5, 0.6) is 5.75 Å². The van der Waals surface area contributed by atoms with E-state index in [2.05, 4.69) is 39.1 Å². The monoisotopic (exact) mass is 513 g/mol. The number of benzene rings is 3. The number of ether oxygens (including phenoxy) is 1. The van der Waals surface area contributed by atoms with Crippen LogP contribution in [0.25, 0.3) is 10.9 Å². The Kier molecular flexibility index (Phi) is 6.98. The summed E-state index contributed by atoms with van der Waals surface area (Å²) in [6.45, 7) is 2.32. The molecule has 0 saturated heterocycles. The van der Waals surface area contributed by atoms with Crippen molar-refractivity contribution in [3.8, 4) is 5.75 Å². The molecule has 1 aromatic heterocycles. The summed E-state index contributed by atoms with van der Waals surface area (Å²) in [6, 6.07) is 23.0. The van der Waals surface area contributed by atoms with E-state index in [1.165, 1.54) is 5.39 Å². The number of rotatable bonds is 9. The van der Waals surface area contributed by atoms with Crippen molar-refractivity contribution in [3.05, 3.63) is 94.1 Å². The summed E-state index contributed by atoms with van der Waals surface area (Å²) in [4.78, 5) is 3.61. The van der Waals surface area contributed by atoms with Gasteiger partial charge in [-0.15, -0.1) is 0 Å². The van der Waals surface area contributed by atoms with Crippen LogP contribution in [-0.4, -0.2) is 26.6 Å². The minimum absolute atomic E-state index is 0.0618. The number of H-pyrrole nitrogens is 1. The number of nitrogens with one attached hydrogen (secondary N) is 1. The zero-order valence-electron chi connectivity index (χ0n) is 17.7. The highest BCUT2D eigenvalue weighted by Gasteiger charge is 2.14. The van der Waals surface area contributed by atoms with Crippen LogP contribution >= 0.6 is 15.9 Å². The highest BCUT2D eigenvalue weighted by atomic mass is 79.9. The number of aromatic amines is 1. The lowest BCUT2D eigenvalue weighted by Gasteiger charge is -2.10. The standard InChI is InChI=1S/C25H24BrNO4S/c1-18-7-10-22(11-8-18)32(28,29)31-14-4-13-30-25-12-9-19(16-23(25)26)15-21-17-20-5-2-3-6-24(20)27-21/h2-3,5-12,16-17,27H,4,13-15H2,1H3. The van der Waals surface area contributed by atoms with Crippen molar-refractivity contribution in [2.45, 2.75) is 24.7 Å². The Hall–Kier alpha value is -2.61. The number of aryl methyl sites for hydroxylation is 1. The van der Waals surface area contributed by atoms with Gasteiger partial charge in [0.1, 0.15) is 5.75 Å². The first-order valence-electron chi connectivity index (χ1n) is 10.3. The molecule has 1 N–H and O–H groups in total. The fourth-order valence-electron chi connectivity index (χ4n) is 3.40. The zero-order valence-corrected chi connectivity index (χ0v) is 20.1. The third kappa shape index (κ3) is 5.59. The van der Waals surface area contributed by atoms with E-state index in [-0.39, 0.29) is 11.5 Å². The van der Waals surface area contributed by atoms with Crippen LogP contribution in [0.3, 0.4) is 0 Å². The summed E-state index contributed by atoms with van der Waals surface area (Å²) in [6.07, 6.45) is 1.24. The van der Waals surface area contributed by atoms with Gasteiger partial charge in [-0.3, -0.25) is 4.18 Å². The molecular formula is C25H24BrNO4S. The Balaban J connectivity index is 1.27. The molecule has 1 heterocycles. The van der Waals surface area contributed by atoms with Gasteiger partial charge in [0.2, 0.25) is 0 Å². The van der Waals surface area contributed by atoms with Crippen molar-refractivity contribution in [1.82, 2.24) is 4.98 Å². The van der Waals surface area contributed by atoms with Gasteiger partial charge in [-0.25, -0.2) is 0 Å². The van der Waals surface area contributed by atoms with Crippen LogP contribution in [0.1, 0.15) is 23.2 Å². The van der Waals surface area contributed by atoms with Crippen molar-refractivity contribution in [2.75, 3.05) is 13.2 Å². The van der Waals surface area contributed by atoms with Gasteiger partial charge in [0.25, 0.3) is 10.1 Å². The van der Waals surface area contributed by atoms with Crippen LogP contribution in [-0.2, 0) is 20.7 Å². The van der Waals surface area contributed by atoms with Gasteiger partial charge in [-0.05, 0) is 70.2 Å². The van der Waals surface area contributed by atoms with Crippen LogP contribution in [0.4, 0.5) is 0 Å². The molecule has 7 heteroatoms. The van der Waals surface area contributed by atoms with E-state index in [1.807, 2.05) is 37.3 Å². The smallest absolute Gasteiger partial charge is 0.296 e. The Morgan fingerprint density at radius 1 is 0.938 bits per heavy atom. The first-order valence-corrected chi connectivity index (χ1v) is 12.5. The molecule has 0 saturated carbocycles. The molecule has 166 valence electrons. The second-order valence-electron chi connectivity index (χ2n) is 7.61. The van der Waals surface area contributed by atoms with Crippen LogP contribution in [0, 0.1) is 6.92 Å². The number of halogens is 1. The maximum Gasteiger partial charge on any atom is 0.296 e. The van der Waals surface area contributed by atoms with Crippen LogP contribution in [0.15, 0.2) is 82.2 Å². The molecular weight excluding hydrogens is 490 g/mol. The molecule has 5 nitrogen and oxygen atoms in total. The van der Waals surface area contributed by atoms with Gasteiger partial charge in [0, 0.05) is 24.1 Å². The molecule has 0 atom stereocenters. The molecule has 4 aromatic rings. The van der Waals surface area contributed by atoms with Gasteiger partial charge in [-0.2, -0.15) is 8.42 Å². The number of aromatic nitrogens is 1. The molecule has 0 aliphatic carbocycles. The SMILES string of the molecule is Cc1ccc(S(=O)(=O)OCCCOc2ccc(Cc3cc4ccccc4[nH]3)cc2Br)cc1. The molecule has 0 spiro atoms. The lowest BCUT2D eigenvalue weighted by atomic mass is 10.1. The van der Waals surface area contributed by atoms with Gasteiger partial charge < -0.3 is 9.72 Å². The van der Waals surface area contributed by atoms with E-state index >= 15 is 0 Å². The van der Waals surface area contributed by atoms with Gasteiger partial charge >= 0.3 is 0 Å². The summed E-state index contributed by atoms with van der Waals surface area (Å²) in [5, 5.41) is 1.20. The molecule has 0 aliphatic heterocycles. The molecule has 0 aliphatic rings. The fraction of sp³-hybridized carbons (Fsp3) is 0.200. The third-order valence-electron chi connectivity index (χ3n) is 5.07. The third-order valence-corrected chi connectivity index (χ3v) is 7.02. The Morgan fingerprint density at radius 3 is 2.47 bits per heavy atom. The van der Waals surface area contributed by atoms with Crippen LogP contribution < -0.4 is 4.74 Å². The van der Waals surface area contributed by atoms with Crippen molar-refractivity contribution >= 4 is 37.0 Å². The lowest BCUT2D eigenvalue weighted by molar-refractivity contribution is 0.250. The molecule has 0 bridgehead atoms. The average molecular weight is 514 g/mol. The second kappa shape index (κ2) is 9.90. The van der Waals surface area contributed by atoms with Crippen LogP contribution in [0.2, 0.25) is 0 Å². The van der Waals surface area contributed by atoms with E-state index in [0.29, 0.717) is 18.8 Å². The minimum Gasteiger partial charge on any atom is -0.492 e. The maximum absolute atomic E-state index is 12.2. The van der Waals surface area contributed by atoms with Crippen molar-refractivity contribution < 1.29 is 17.3 Å². The highest BCUT2D eigenvalue weighted by molar-refractivity contribution is 9.10. The summed E-state index contributed by atoms with van der Waals surface area (Å²) in [5.74, 6) is 0.715. The predicted octanol–water partition coefficient (Wildman–Crippen LogP) is 6.00. The molecule has 0 fully saturated rings. The Morgan fingerprint density at radius 2 is 1.72 bits per heavy atom. The number of hydrogen-bond donors (Lipinski definition) is 1. The van der Waals surface area contributed by atoms with Crippen molar-refractivity contribution in [3.63, 3.8) is 0 Å². The van der Waals surface area contributed by atoms with Gasteiger partial charge in [0.15, 0.2) is 0 Å². The highest BCUT2D eigenvalue weighted by Crippen LogP contribution is 2.27. The van der Waals surface area contributed by atoms with E-state index < -0.39 is 10.1 Å². The molecule has 3 aromatic carbocycles. The topological polar surface area (TPSA) is 68.4 Å². The minimum atomic E-state index is -3.74. The zero-order chi connectivity index (χ0) is 22.6. The van der Waals surface area contributed by atoms with E-state index in [1.54, 1.807) is 24.3 Å². The van der Waals surface area contributed by atoms with Gasteiger partial charge in [0.05, 0.1) is 22.6 Å². The number of hydrogen-bond acceptors (Lipinski definition) is 4. The summed E-state index contributed by atoms with van der Waals surface area (Å²) in [7, 11) is -3.74. The average Bonchev–Trinajstić information content (AvgIpc) is 3.17. The van der Waals surface area contributed by atoms with E-state index in [0.717, 1.165) is 33.2 Å². The largest absolute Gasteiger partial charge is 0.492 e. The normalized spacial score (nSPS) is 11.7. The summed E-state index contributed by atoms with van der Waals surface area (Å²) >= 11 is 3.57. The maximum atomic E-state index is 12.2. The Labute approximate surface area is 196 Å². The number of fused-ring (bicyclic) bond motifs is 1. The predicted molar refractivity (Wildman–Crippen MR) is 130 cm³/mol. The molecule has 0 amide bonds. The molecule has 32 heavy (non-hydrogen) atoms. The van der Waals surface area contributed by atoms with Gasteiger partial charge in [-0.1, -0.05) is 42.0 Å². The quantitative estimate of drug-likeness (QED) is 0.220. The lowest BCUT2D eigenvalue weighted by Crippen LogP contribution is -2.10. The Bertz CT molecular complexity index is 1280. The van der Waals surface area contributed by atoms with Crippen molar-refractivity contribution in [1.29, 1.82) is 0 Å². The summed E-state index contributed by atoms with van der Waals surface area (Å²) < 4.78 is 36.2. The summed E-state index contributed by atoms with van der Waals surface area (Å²) in [5.41, 5.74) is 4.44.